The summed E-state index contributed by atoms with van der Waals surface area (Å²) < 4.78 is 7.22. The quantitative estimate of drug-likeness (QED) is 0.262. The van der Waals surface area contributed by atoms with Gasteiger partial charge in [-0.3, -0.25) is 9.59 Å². The SMILES string of the molecule is CCc1c(C(=O)C(N)=O)c2c(OCC(=O)O)nc(C)cn2c1Cc1cccc(Cc2ccccc2)c1. The number of primary amides is 1. The van der Waals surface area contributed by atoms with Crippen molar-refractivity contribution in [1.82, 2.24) is 9.38 Å². The Balaban J connectivity index is 1.85. The molecule has 4 rings (SSSR count). The molecule has 0 aliphatic carbocycles. The summed E-state index contributed by atoms with van der Waals surface area (Å²) in [6.45, 7) is 3.00. The zero-order valence-electron chi connectivity index (χ0n) is 20.2. The summed E-state index contributed by atoms with van der Waals surface area (Å²) in [5.74, 6) is -3.17. The number of ketones is 1. The van der Waals surface area contributed by atoms with E-state index in [0.29, 0.717) is 24.1 Å². The molecule has 8 heteroatoms. The lowest BCUT2D eigenvalue weighted by Gasteiger charge is -2.11. The molecule has 8 nitrogen and oxygen atoms in total. The third-order valence-corrected chi connectivity index (χ3v) is 5.97. The minimum Gasteiger partial charge on any atom is -0.479 e. The minimum absolute atomic E-state index is 0.0271. The Hall–Kier alpha value is -4.46. The van der Waals surface area contributed by atoms with Crippen molar-refractivity contribution in [3.8, 4) is 5.88 Å². The molecule has 0 aliphatic rings. The average molecular weight is 486 g/mol. The summed E-state index contributed by atoms with van der Waals surface area (Å²) in [4.78, 5) is 40.4. The summed E-state index contributed by atoms with van der Waals surface area (Å²) in [6, 6.07) is 18.4. The van der Waals surface area contributed by atoms with E-state index in [1.165, 1.54) is 5.56 Å². The first-order chi connectivity index (χ1) is 17.3. The molecule has 4 aromatic rings. The Morgan fingerprint density at radius 1 is 1.00 bits per heavy atom. The van der Waals surface area contributed by atoms with Crippen LogP contribution in [0.3, 0.4) is 0 Å². The van der Waals surface area contributed by atoms with Gasteiger partial charge in [0.2, 0.25) is 5.88 Å². The zero-order valence-corrected chi connectivity index (χ0v) is 20.2. The van der Waals surface area contributed by atoms with Crippen LogP contribution in [0.2, 0.25) is 0 Å². The fourth-order valence-electron chi connectivity index (χ4n) is 4.51. The number of nitrogens with zero attached hydrogens (tertiary/aromatic N) is 2. The predicted molar refractivity (Wildman–Crippen MR) is 134 cm³/mol. The second-order valence-electron chi connectivity index (χ2n) is 8.59. The number of ether oxygens (including phenoxy) is 1. The van der Waals surface area contributed by atoms with Crippen LogP contribution in [0.1, 0.15) is 50.9 Å². The highest BCUT2D eigenvalue weighted by molar-refractivity contribution is 6.44. The molecule has 36 heavy (non-hydrogen) atoms. The first-order valence-electron chi connectivity index (χ1n) is 11.6. The van der Waals surface area contributed by atoms with E-state index in [4.69, 9.17) is 15.6 Å². The number of aliphatic carboxylic acids is 1. The largest absolute Gasteiger partial charge is 0.479 e. The van der Waals surface area contributed by atoms with E-state index < -0.39 is 24.3 Å². The normalized spacial score (nSPS) is 10.9. The second kappa shape index (κ2) is 10.4. The van der Waals surface area contributed by atoms with E-state index in [-0.39, 0.29) is 17.0 Å². The van der Waals surface area contributed by atoms with Crippen molar-refractivity contribution in [3.63, 3.8) is 0 Å². The second-order valence-corrected chi connectivity index (χ2v) is 8.59. The number of carbonyl (C=O) groups is 3. The number of Topliss-reactive ketones (excluding diaryl/α,β-unsaturated/α-hetero) is 1. The van der Waals surface area contributed by atoms with Crippen LogP contribution in [0.15, 0.2) is 60.8 Å². The van der Waals surface area contributed by atoms with E-state index in [9.17, 15) is 14.4 Å². The molecule has 2 aromatic carbocycles. The number of aromatic nitrogens is 2. The number of benzene rings is 2. The van der Waals surface area contributed by atoms with Gasteiger partial charge in [-0.15, -0.1) is 0 Å². The standard InChI is InChI=1S/C28H27N3O5/c1-3-21-22(14-20-11-7-10-19(13-20)12-18-8-5-4-6-9-18)31-15-17(2)30-28(36-16-23(32)33)25(31)24(21)26(34)27(29)35/h4-11,13,15H,3,12,14,16H2,1-2H3,(H2,29,35)(H,32,33). The highest BCUT2D eigenvalue weighted by Crippen LogP contribution is 2.33. The van der Waals surface area contributed by atoms with Crippen molar-refractivity contribution in [2.45, 2.75) is 33.1 Å². The van der Waals surface area contributed by atoms with E-state index in [1.807, 2.05) is 37.3 Å². The van der Waals surface area contributed by atoms with Crippen molar-refractivity contribution in [2.24, 2.45) is 5.73 Å². The van der Waals surface area contributed by atoms with Crippen LogP contribution in [0.5, 0.6) is 5.88 Å². The van der Waals surface area contributed by atoms with Crippen molar-refractivity contribution >= 4 is 23.2 Å². The maximum atomic E-state index is 12.9. The molecule has 2 aromatic heterocycles. The minimum atomic E-state index is -1.18. The Morgan fingerprint density at radius 3 is 2.31 bits per heavy atom. The van der Waals surface area contributed by atoms with Gasteiger partial charge in [0.15, 0.2) is 6.61 Å². The van der Waals surface area contributed by atoms with Gasteiger partial charge in [-0.1, -0.05) is 61.5 Å². The van der Waals surface area contributed by atoms with Gasteiger partial charge in [0, 0.05) is 18.3 Å². The summed E-state index contributed by atoms with van der Waals surface area (Å²) in [5.41, 5.74) is 11.1. The van der Waals surface area contributed by atoms with Crippen molar-refractivity contribution < 1.29 is 24.2 Å². The number of hydrogen-bond donors (Lipinski definition) is 2. The van der Waals surface area contributed by atoms with Crippen molar-refractivity contribution in [2.75, 3.05) is 6.61 Å². The molecule has 2 heterocycles. The van der Waals surface area contributed by atoms with Gasteiger partial charge in [0.25, 0.3) is 11.7 Å². The van der Waals surface area contributed by atoms with Crippen molar-refractivity contribution in [3.05, 3.63) is 100.0 Å². The molecule has 0 spiro atoms. The smallest absolute Gasteiger partial charge is 0.341 e. The van der Waals surface area contributed by atoms with Gasteiger partial charge in [0.1, 0.15) is 5.52 Å². The van der Waals surface area contributed by atoms with Gasteiger partial charge in [0.05, 0.1) is 11.3 Å². The fraction of sp³-hybridized carbons (Fsp3) is 0.214. The number of carbonyl (C=O) groups excluding carboxylic acids is 2. The van der Waals surface area contributed by atoms with E-state index >= 15 is 0 Å². The number of carboxylic acid groups (broad SMARTS) is 1. The molecule has 3 N–H and O–H groups in total. The maximum Gasteiger partial charge on any atom is 0.341 e. The Morgan fingerprint density at radius 2 is 1.67 bits per heavy atom. The zero-order chi connectivity index (χ0) is 25.8. The van der Waals surface area contributed by atoms with Gasteiger partial charge in [-0.2, -0.15) is 0 Å². The van der Waals surface area contributed by atoms with Crippen LogP contribution in [0.4, 0.5) is 0 Å². The Labute approximate surface area is 208 Å². The van der Waals surface area contributed by atoms with E-state index in [1.54, 1.807) is 17.5 Å². The summed E-state index contributed by atoms with van der Waals surface area (Å²) in [6.07, 6.45) is 3.46. The lowest BCUT2D eigenvalue weighted by molar-refractivity contribution is -0.139. The third kappa shape index (κ3) is 5.12. The molecule has 0 radical (unpaired) electrons. The number of fused-ring (bicyclic) bond motifs is 1. The summed E-state index contributed by atoms with van der Waals surface area (Å²) in [5, 5.41) is 9.11. The highest BCUT2D eigenvalue weighted by Gasteiger charge is 2.29. The van der Waals surface area contributed by atoms with Crippen LogP contribution < -0.4 is 10.5 Å². The number of rotatable bonds is 10. The average Bonchev–Trinajstić information content (AvgIpc) is 3.15. The van der Waals surface area contributed by atoms with Gasteiger partial charge < -0.3 is 20.0 Å². The number of amides is 1. The fourth-order valence-corrected chi connectivity index (χ4v) is 4.51. The summed E-state index contributed by atoms with van der Waals surface area (Å²) in [7, 11) is 0. The monoisotopic (exact) mass is 485 g/mol. The lowest BCUT2D eigenvalue weighted by atomic mass is 9.97. The van der Waals surface area contributed by atoms with Gasteiger partial charge >= 0.3 is 5.97 Å². The molecule has 0 unspecified atom stereocenters. The topological polar surface area (TPSA) is 124 Å². The first kappa shape index (κ1) is 24.7. The predicted octanol–water partition coefficient (Wildman–Crippen LogP) is 3.52. The molecule has 0 aliphatic heterocycles. The number of hydrogen-bond acceptors (Lipinski definition) is 5. The van der Waals surface area contributed by atoms with Crippen molar-refractivity contribution in [1.29, 1.82) is 0 Å². The lowest BCUT2D eigenvalue weighted by Crippen LogP contribution is -2.24. The summed E-state index contributed by atoms with van der Waals surface area (Å²) >= 11 is 0. The Kier molecular flexibility index (Phi) is 7.15. The molecule has 0 bridgehead atoms. The first-order valence-corrected chi connectivity index (χ1v) is 11.6. The molecule has 1 amide bonds. The molecule has 0 atom stereocenters. The third-order valence-electron chi connectivity index (χ3n) is 5.97. The van der Waals surface area contributed by atoms with Crippen LogP contribution in [-0.4, -0.2) is 38.8 Å². The van der Waals surface area contributed by atoms with Gasteiger partial charge in [-0.05, 0) is 42.0 Å². The highest BCUT2D eigenvalue weighted by atomic mass is 16.5. The molecule has 184 valence electrons. The number of nitrogens with two attached hydrogens (primary N) is 1. The van der Waals surface area contributed by atoms with E-state index in [0.717, 1.165) is 23.2 Å². The van der Waals surface area contributed by atoms with Crippen LogP contribution in [-0.2, 0) is 28.9 Å². The van der Waals surface area contributed by atoms with Crippen LogP contribution in [0.25, 0.3) is 5.52 Å². The Bertz CT molecular complexity index is 1460. The molecular formula is C28H27N3O5. The molecule has 0 saturated carbocycles. The van der Waals surface area contributed by atoms with E-state index in [2.05, 4.69) is 29.2 Å². The molecule has 0 saturated heterocycles. The maximum absolute atomic E-state index is 12.9. The van der Waals surface area contributed by atoms with Gasteiger partial charge in [-0.25, -0.2) is 9.78 Å². The van der Waals surface area contributed by atoms with Crippen LogP contribution in [0, 0.1) is 6.92 Å². The van der Waals surface area contributed by atoms with Crippen LogP contribution >= 0.6 is 0 Å². The number of aryl methyl sites for hydroxylation is 1. The molecular weight excluding hydrogens is 458 g/mol. The molecule has 0 fully saturated rings. The number of carboxylic acids is 1.